The summed E-state index contributed by atoms with van der Waals surface area (Å²) in [4.78, 5) is 4.02. The molecule has 1 aromatic heterocycles. The quantitative estimate of drug-likeness (QED) is 0.715. The number of H-pyrrole nitrogens is 1. The molecule has 0 saturated heterocycles. The van der Waals surface area contributed by atoms with Crippen LogP contribution in [0.3, 0.4) is 0 Å². The second kappa shape index (κ2) is 6.31. The van der Waals surface area contributed by atoms with Crippen molar-refractivity contribution in [3.05, 3.63) is 40.9 Å². The van der Waals surface area contributed by atoms with Crippen molar-refractivity contribution in [3.63, 3.8) is 0 Å². The van der Waals surface area contributed by atoms with Crippen molar-refractivity contribution in [3.8, 4) is 0 Å². The number of nitrogens with zero attached hydrogens (tertiary/aromatic N) is 2. The number of nitrogens with one attached hydrogen (secondary N) is 2. The molecule has 0 radical (unpaired) electrons. The molecule has 0 aliphatic heterocycles. The molecule has 0 unspecified atom stereocenters. The zero-order valence-electron chi connectivity index (χ0n) is 10.5. The summed E-state index contributed by atoms with van der Waals surface area (Å²) in [6.07, 6.45) is 1.79. The number of nitrogens with two attached hydrogens (primary N) is 1. The second-order valence-corrected chi connectivity index (χ2v) is 6.21. The van der Waals surface area contributed by atoms with E-state index in [-0.39, 0.29) is 18.0 Å². The molecule has 108 valence electrons. The van der Waals surface area contributed by atoms with E-state index in [1.807, 2.05) is 0 Å². The van der Waals surface area contributed by atoms with Gasteiger partial charge in [0.2, 0.25) is 10.0 Å². The van der Waals surface area contributed by atoms with E-state index >= 15 is 0 Å². The molecule has 0 bridgehead atoms. The van der Waals surface area contributed by atoms with E-state index in [9.17, 15) is 8.42 Å². The Labute approximate surface area is 121 Å². The van der Waals surface area contributed by atoms with Crippen molar-refractivity contribution in [1.29, 1.82) is 0 Å². The summed E-state index contributed by atoms with van der Waals surface area (Å²) in [5.41, 5.74) is 6.18. The van der Waals surface area contributed by atoms with E-state index in [1.54, 1.807) is 6.07 Å². The molecule has 9 heteroatoms. The summed E-state index contributed by atoms with van der Waals surface area (Å²) in [5.74, 6) is 0.615. The minimum Gasteiger partial charge on any atom is -0.326 e. The van der Waals surface area contributed by atoms with Crippen LogP contribution in [0.1, 0.15) is 11.4 Å². The minimum absolute atomic E-state index is 0.109. The molecule has 0 fully saturated rings. The first-order valence-corrected chi connectivity index (χ1v) is 7.71. The molecule has 1 heterocycles. The van der Waals surface area contributed by atoms with Gasteiger partial charge in [-0.1, -0.05) is 17.7 Å². The lowest BCUT2D eigenvalue weighted by Crippen LogP contribution is -2.26. The second-order valence-electron chi connectivity index (χ2n) is 4.04. The number of aromatic amines is 1. The Balaban J connectivity index is 2.04. The van der Waals surface area contributed by atoms with Crippen LogP contribution in [0.2, 0.25) is 5.02 Å². The Morgan fingerprint density at radius 2 is 2.20 bits per heavy atom. The molecule has 4 N–H and O–H groups in total. The summed E-state index contributed by atoms with van der Waals surface area (Å²) < 4.78 is 26.6. The minimum atomic E-state index is -3.60. The highest BCUT2D eigenvalue weighted by atomic mass is 35.5. The maximum atomic E-state index is 12.1. The van der Waals surface area contributed by atoms with E-state index in [1.165, 1.54) is 18.5 Å². The van der Waals surface area contributed by atoms with Crippen LogP contribution in [0.25, 0.3) is 0 Å². The maximum Gasteiger partial charge on any atom is 0.240 e. The Morgan fingerprint density at radius 1 is 1.40 bits per heavy atom. The Hall–Kier alpha value is -1.48. The lowest BCUT2D eigenvalue weighted by Gasteiger charge is -2.08. The van der Waals surface area contributed by atoms with Crippen LogP contribution >= 0.6 is 11.6 Å². The Bertz CT molecular complexity index is 672. The van der Waals surface area contributed by atoms with Gasteiger partial charge in [0, 0.05) is 24.5 Å². The van der Waals surface area contributed by atoms with Gasteiger partial charge < -0.3 is 5.73 Å². The van der Waals surface area contributed by atoms with Crippen LogP contribution < -0.4 is 10.5 Å². The third-order valence-electron chi connectivity index (χ3n) is 2.67. The van der Waals surface area contributed by atoms with Crippen LogP contribution in [0.5, 0.6) is 0 Å². The molecular weight excluding hydrogens is 302 g/mol. The molecule has 20 heavy (non-hydrogen) atoms. The van der Waals surface area contributed by atoms with E-state index in [0.29, 0.717) is 22.8 Å². The number of benzene rings is 1. The molecular formula is C11H14ClN5O2S. The first-order valence-electron chi connectivity index (χ1n) is 5.85. The molecule has 0 spiro atoms. The first kappa shape index (κ1) is 14.9. The van der Waals surface area contributed by atoms with Crippen molar-refractivity contribution < 1.29 is 8.42 Å². The van der Waals surface area contributed by atoms with Gasteiger partial charge in [-0.05, 0) is 17.7 Å². The standard InChI is InChI=1S/C11H14ClN5O2S/c12-10-5-9(2-1-8(10)6-13)20(18,19)16-4-3-11-14-7-15-17-11/h1-2,5,7,16H,3-4,6,13H2,(H,14,15,17). The first-order chi connectivity index (χ1) is 9.53. The van der Waals surface area contributed by atoms with Crippen LogP contribution in [-0.4, -0.2) is 30.1 Å². The molecule has 0 amide bonds. The number of rotatable bonds is 6. The van der Waals surface area contributed by atoms with Crippen molar-refractivity contribution >= 4 is 21.6 Å². The Morgan fingerprint density at radius 3 is 2.80 bits per heavy atom. The predicted molar refractivity (Wildman–Crippen MR) is 74.6 cm³/mol. The number of hydrogen-bond donors (Lipinski definition) is 3. The molecule has 7 nitrogen and oxygen atoms in total. The van der Waals surface area contributed by atoms with Crippen molar-refractivity contribution in [2.24, 2.45) is 5.73 Å². The SMILES string of the molecule is NCc1ccc(S(=O)(=O)NCCc2ncn[nH]2)cc1Cl. The van der Waals surface area contributed by atoms with E-state index in [4.69, 9.17) is 17.3 Å². The highest BCUT2D eigenvalue weighted by molar-refractivity contribution is 7.89. The van der Waals surface area contributed by atoms with Crippen LogP contribution in [0, 0.1) is 0 Å². The number of sulfonamides is 1. The fourth-order valence-electron chi connectivity index (χ4n) is 1.60. The van der Waals surface area contributed by atoms with Crippen LogP contribution in [0.15, 0.2) is 29.4 Å². The van der Waals surface area contributed by atoms with Crippen molar-refractivity contribution in [2.75, 3.05) is 6.54 Å². The number of aromatic nitrogens is 3. The molecule has 0 aliphatic carbocycles. The highest BCUT2D eigenvalue weighted by Crippen LogP contribution is 2.20. The zero-order chi connectivity index (χ0) is 14.6. The highest BCUT2D eigenvalue weighted by Gasteiger charge is 2.15. The lowest BCUT2D eigenvalue weighted by atomic mass is 10.2. The third kappa shape index (κ3) is 3.54. The van der Waals surface area contributed by atoms with Gasteiger partial charge in [-0.15, -0.1) is 0 Å². The van der Waals surface area contributed by atoms with Crippen molar-refractivity contribution in [1.82, 2.24) is 19.9 Å². The zero-order valence-corrected chi connectivity index (χ0v) is 12.1. The van der Waals surface area contributed by atoms with Gasteiger partial charge in [-0.3, -0.25) is 5.10 Å². The van der Waals surface area contributed by atoms with Gasteiger partial charge in [0.1, 0.15) is 12.2 Å². The monoisotopic (exact) mass is 315 g/mol. The van der Waals surface area contributed by atoms with Gasteiger partial charge in [0.05, 0.1) is 4.90 Å². The fraction of sp³-hybridized carbons (Fsp3) is 0.273. The normalized spacial score (nSPS) is 11.7. The average Bonchev–Trinajstić information content (AvgIpc) is 2.91. The summed E-state index contributed by atoms with van der Waals surface area (Å²) in [6.45, 7) is 0.478. The summed E-state index contributed by atoms with van der Waals surface area (Å²) >= 11 is 5.96. The summed E-state index contributed by atoms with van der Waals surface area (Å²) in [7, 11) is -3.60. The molecule has 0 saturated carbocycles. The largest absolute Gasteiger partial charge is 0.326 e. The summed E-state index contributed by atoms with van der Waals surface area (Å²) in [5, 5.41) is 6.68. The van der Waals surface area contributed by atoms with E-state index < -0.39 is 10.0 Å². The van der Waals surface area contributed by atoms with Gasteiger partial charge in [0.25, 0.3) is 0 Å². The topological polar surface area (TPSA) is 114 Å². The lowest BCUT2D eigenvalue weighted by molar-refractivity contribution is 0.581. The maximum absolute atomic E-state index is 12.1. The van der Waals surface area contributed by atoms with Gasteiger partial charge in [-0.25, -0.2) is 18.1 Å². The molecule has 0 aliphatic rings. The Kier molecular flexibility index (Phi) is 4.71. The molecule has 2 aromatic rings. The van der Waals surface area contributed by atoms with Gasteiger partial charge in [0.15, 0.2) is 0 Å². The number of hydrogen-bond acceptors (Lipinski definition) is 5. The third-order valence-corrected chi connectivity index (χ3v) is 4.48. The van der Waals surface area contributed by atoms with Crippen LogP contribution in [-0.2, 0) is 23.0 Å². The van der Waals surface area contributed by atoms with Crippen molar-refractivity contribution in [2.45, 2.75) is 17.9 Å². The molecule has 1 aromatic carbocycles. The predicted octanol–water partition coefficient (Wildman–Crippen LogP) is 0.438. The van der Waals surface area contributed by atoms with Gasteiger partial charge in [-0.2, -0.15) is 5.10 Å². The fourth-order valence-corrected chi connectivity index (χ4v) is 2.98. The van der Waals surface area contributed by atoms with Crippen LogP contribution in [0.4, 0.5) is 0 Å². The number of halogens is 1. The van der Waals surface area contributed by atoms with Gasteiger partial charge >= 0.3 is 0 Å². The smallest absolute Gasteiger partial charge is 0.240 e. The molecule has 2 rings (SSSR count). The van der Waals surface area contributed by atoms with E-state index in [0.717, 1.165) is 0 Å². The summed E-state index contributed by atoms with van der Waals surface area (Å²) in [6, 6.07) is 4.47. The van der Waals surface area contributed by atoms with E-state index in [2.05, 4.69) is 19.9 Å². The molecule has 0 atom stereocenters. The average molecular weight is 316 g/mol.